The van der Waals surface area contributed by atoms with Crippen LogP contribution in [0.3, 0.4) is 0 Å². The molecule has 26 heavy (non-hydrogen) atoms. The van der Waals surface area contributed by atoms with Crippen molar-refractivity contribution in [1.82, 2.24) is 4.98 Å². The largest absolute Gasteiger partial charge is 0.482 e. The topological polar surface area (TPSA) is 80.8 Å². The molecule has 0 unspecified atom stereocenters. The lowest BCUT2D eigenvalue weighted by molar-refractivity contribution is -0.124. The summed E-state index contributed by atoms with van der Waals surface area (Å²) >= 11 is 1.37. The standard InChI is InChI=1S/C18H19N3O4S/c1-2-21-13-8-11(5-6-14(13)25-9-16(21)22)12-10-26-18(19-12)20-17(23)15-4-3-7-24-15/h5-6,8,10,15H,2-4,7,9H2,1H3,(H,19,20,23)/t15-/m0/s1. The molecule has 0 bridgehead atoms. The summed E-state index contributed by atoms with van der Waals surface area (Å²) in [6.07, 6.45) is 1.27. The van der Waals surface area contributed by atoms with Crippen LogP contribution in [0.4, 0.5) is 10.8 Å². The summed E-state index contributed by atoms with van der Waals surface area (Å²) in [5.41, 5.74) is 2.36. The molecule has 1 fully saturated rings. The highest BCUT2D eigenvalue weighted by Gasteiger charge is 2.26. The highest BCUT2D eigenvalue weighted by atomic mass is 32.1. The summed E-state index contributed by atoms with van der Waals surface area (Å²) in [5.74, 6) is 0.488. The third-order valence-corrected chi connectivity index (χ3v) is 5.23. The lowest BCUT2D eigenvalue weighted by Crippen LogP contribution is -2.38. The van der Waals surface area contributed by atoms with Crippen molar-refractivity contribution in [1.29, 1.82) is 0 Å². The second kappa shape index (κ2) is 7.05. The fourth-order valence-electron chi connectivity index (χ4n) is 3.14. The van der Waals surface area contributed by atoms with Crippen LogP contribution in [0, 0.1) is 0 Å². The van der Waals surface area contributed by atoms with Gasteiger partial charge in [-0.1, -0.05) is 0 Å². The number of hydrogen-bond donors (Lipinski definition) is 1. The molecule has 2 amide bonds. The zero-order valence-corrected chi connectivity index (χ0v) is 15.2. The van der Waals surface area contributed by atoms with E-state index in [-0.39, 0.29) is 24.5 Å². The van der Waals surface area contributed by atoms with Gasteiger partial charge in [-0.15, -0.1) is 11.3 Å². The average Bonchev–Trinajstić information content (AvgIpc) is 3.33. The summed E-state index contributed by atoms with van der Waals surface area (Å²) in [6, 6.07) is 5.66. The van der Waals surface area contributed by atoms with Gasteiger partial charge in [0.1, 0.15) is 11.9 Å². The maximum Gasteiger partial charge on any atom is 0.265 e. The van der Waals surface area contributed by atoms with E-state index in [2.05, 4.69) is 10.3 Å². The van der Waals surface area contributed by atoms with Gasteiger partial charge in [0.25, 0.3) is 11.8 Å². The zero-order chi connectivity index (χ0) is 18.1. The number of anilines is 2. The van der Waals surface area contributed by atoms with E-state index in [1.807, 2.05) is 30.5 Å². The summed E-state index contributed by atoms with van der Waals surface area (Å²) in [6.45, 7) is 3.21. The molecule has 1 aromatic heterocycles. The van der Waals surface area contributed by atoms with Gasteiger partial charge in [-0.05, 0) is 38.0 Å². The Labute approximate surface area is 154 Å². The number of carbonyl (C=O) groups is 2. The number of benzene rings is 1. The molecule has 1 saturated heterocycles. The van der Waals surface area contributed by atoms with Crippen LogP contribution >= 0.6 is 11.3 Å². The minimum atomic E-state index is -0.382. The number of hydrogen-bond acceptors (Lipinski definition) is 6. The lowest BCUT2D eigenvalue weighted by Gasteiger charge is -2.28. The van der Waals surface area contributed by atoms with Gasteiger partial charge in [-0.25, -0.2) is 4.98 Å². The molecule has 7 nitrogen and oxygen atoms in total. The average molecular weight is 373 g/mol. The number of rotatable bonds is 4. The molecule has 2 aromatic rings. The van der Waals surface area contributed by atoms with Crippen molar-refractivity contribution >= 4 is 34.0 Å². The lowest BCUT2D eigenvalue weighted by atomic mass is 10.1. The summed E-state index contributed by atoms with van der Waals surface area (Å²) in [4.78, 5) is 30.4. The third kappa shape index (κ3) is 3.17. The third-order valence-electron chi connectivity index (χ3n) is 4.47. The maximum absolute atomic E-state index is 12.1. The second-order valence-corrected chi connectivity index (χ2v) is 7.00. The van der Waals surface area contributed by atoms with Crippen molar-refractivity contribution in [3.05, 3.63) is 23.6 Å². The Bertz CT molecular complexity index is 845. The highest BCUT2D eigenvalue weighted by molar-refractivity contribution is 7.14. The molecule has 4 rings (SSSR count). The first-order chi connectivity index (χ1) is 12.7. The van der Waals surface area contributed by atoms with E-state index in [0.717, 1.165) is 29.8 Å². The van der Waals surface area contributed by atoms with Gasteiger partial charge in [0, 0.05) is 24.1 Å². The van der Waals surface area contributed by atoms with Gasteiger partial charge in [0.15, 0.2) is 11.7 Å². The van der Waals surface area contributed by atoms with Gasteiger partial charge in [0.05, 0.1) is 11.4 Å². The van der Waals surface area contributed by atoms with Crippen LogP contribution in [0.1, 0.15) is 19.8 Å². The van der Waals surface area contributed by atoms with E-state index in [9.17, 15) is 9.59 Å². The molecule has 8 heteroatoms. The first kappa shape index (κ1) is 17.0. The van der Waals surface area contributed by atoms with Crippen molar-refractivity contribution in [2.24, 2.45) is 0 Å². The van der Waals surface area contributed by atoms with Crippen LogP contribution in [0.25, 0.3) is 11.3 Å². The Morgan fingerprint density at radius 1 is 1.46 bits per heavy atom. The molecular formula is C18H19N3O4S. The van der Waals surface area contributed by atoms with E-state index in [1.165, 1.54) is 11.3 Å². The van der Waals surface area contributed by atoms with Crippen LogP contribution in [-0.2, 0) is 14.3 Å². The molecule has 2 aliphatic heterocycles. The Morgan fingerprint density at radius 2 is 2.35 bits per heavy atom. The summed E-state index contributed by atoms with van der Waals surface area (Å²) in [5, 5.41) is 5.24. The van der Waals surface area contributed by atoms with E-state index >= 15 is 0 Å². The number of aromatic nitrogens is 1. The van der Waals surface area contributed by atoms with Crippen molar-refractivity contribution in [3.63, 3.8) is 0 Å². The number of ether oxygens (including phenoxy) is 2. The number of thiazole rings is 1. The summed E-state index contributed by atoms with van der Waals surface area (Å²) in [7, 11) is 0. The molecule has 1 atom stereocenters. The van der Waals surface area contributed by atoms with Crippen LogP contribution in [0.15, 0.2) is 23.6 Å². The normalized spacial score (nSPS) is 19.2. The maximum atomic E-state index is 12.1. The van der Waals surface area contributed by atoms with E-state index in [4.69, 9.17) is 9.47 Å². The predicted octanol–water partition coefficient (Wildman–Crippen LogP) is 2.67. The number of fused-ring (bicyclic) bond motifs is 1. The monoisotopic (exact) mass is 373 g/mol. The molecule has 1 N–H and O–H groups in total. The number of carbonyl (C=O) groups excluding carboxylic acids is 2. The van der Waals surface area contributed by atoms with Crippen molar-refractivity contribution in [2.75, 3.05) is 30.0 Å². The molecule has 0 saturated carbocycles. The fourth-order valence-corrected chi connectivity index (χ4v) is 3.86. The second-order valence-electron chi connectivity index (χ2n) is 6.14. The molecule has 0 radical (unpaired) electrons. The SMILES string of the molecule is CCN1C(=O)COc2ccc(-c3csc(NC(=O)[C@@H]4CCCO4)n3)cc21. The van der Waals surface area contributed by atoms with Gasteiger partial charge < -0.3 is 14.4 Å². The number of likely N-dealkylation sites (N-methyl/N-ethyl adjacent to an activating group) is 1. The number of nitrogens with zero attached hydrogens (tertiary/aromatic N) is 2. The molecule has 1 aromatic carbocycles. The van der Waals surface area contributed by atoms with Crippen molar-refractivity contribution < 1.29 is 19.1 Å². The zero-order valence-electron chi connectivity index (χ0n) is 14.4. The van der Waals surface area contributed by atoms with Gasteiger partial charge in [-0.3, -0.25) is 14.9 Å². The van der Waals surface area contributed by atoms with E-state index in [0.29, 0.717) is 24.0 Å². The molecule has 0 spiro atoms. The quantitative estimate of drug-likeness (QED) is 0.891. The van der Waals surface area contributed by atoms with Gasteiger partial charge >= 0.3 is 0 Å². The van der Waals surface area contributed by atoms with E-state index in [1.54, 1.807) is 4.90 Å². The molecular weight excluding hydrogens is 354 g/mol. The molecule has 136 valence electrons. The molecule has 2 aliphatic rings. The van der Waals surface area contributed by atoms with Crippen LogP contribution in [-0.4, -0.2) is 42.7 Å². The summed E-state index contributed by atoms with van der Waals surface area (Å²) < 4.78 is 10.9. The molecule has 0 aliphatic carbocycles. The number of amides is 2. The first-order valence-electron chi connectivity index (χ1n) is 8.61. The fraction of sp³-hybridized carbons (Fsp3) is 0.389. The smallest absolute Gasteiger partial charge is 0.265 e. The van der Waals surface area contributed by atoms with Gasteiger partial charge in [0.2, 0.25) is 0 Å². The van der Waals surface area contributed by atoms with E-state index < -0.39 is 0 Å². The van der Waals surface area contributed by atoms with Crippen LogP contribution < -0.4 is 15.0 Å². The Hall–Kier alpha value is -2.45. The Kier molecular flexibility index (Phi) is 4.60. The Balaban J connectivity index is 1.55. The first-order valence-corrected chi connectivity index (χ1v) is 9.49. The number of nitrogens with one attached hydrogen (secondary N) is 1. The minimum Gasteiger partial charge on any atom is -0.482 e. The Morgan fingerprint density at radius 3 is 3.12 bits per heavy atom. The van der Waals surface area contributed by atoms with Crippen LogP contribution in [0.2, 0.25) is 0 Å². The minimum absolute atomic E-state index is 0.0556. The highest BCUT2D eigenvalue weighted by Crippen LogP contribution is 2.36. The van der Waals surface area contributed by atoms with Crippen LogP contribution in [0.5, 0.6) is 5.75 Å². The molecule has 3 heterocycles. The predicted molar refractivity (Wildman–Crippen MR) is 98.7 cm³/mol. The van der Waals surface area contributed by atoms with Crippen molar-refractivity contribution in [2.45, 2.75) is 25.9 Å². The van der Waals surface area contributed by atoms with Gasteiger partial charge in [-0.2, -0.15) is 0 Å². The van der Waals surface area contributed by atoms with Crippen molar-refractivity contribution in [3.8, 4) is 17.0 Å².